The Morgan fingerprint density at radius 3 is 3.00 bits per heavy atom. The number of hydrogen-bond donors (Lipinski definition) is 1. The molecule has 0 saturated carbocycles. The molecule has 0 aliphatic heterocycles. The maximum absolute atomic E-state index is 11.7. The Hall–Kier alpha value is -2.11. The molecule has 0 unspecified atom stereocenters. The molecule has 0 fully saturated rings. The van der Waals surface area contributed by atoms with Gasteiger partial charge in [0.2, 0.25) is 5.76 Å². The fourth-order valence-electron chi connectivity index (χ4n) is 1.54. The number of carbonyl (C=O) groups excluding carboxylic acids is 1. The van der Waals surface area contributed by atoms with Crippen molar-refractivity contribution >= 4 is 5.91 Å². The fourth-order valence-corrected chi connectivity index (χ4v) is 1.54. The monoisotopic (exact) mass is 248 g/mol. The van der Waals surface area contributed by atoms with Crippen molar-refractivity contribution in [3.63, 3.8) is 0 Å². The van der Waals surface area contributed by atoms with E-state index >= 15 is 0 Å². The molecular formula is C12H16N4O2. The second-order valence-electron chi connectivity index (χ2n) is 4.01. The molecule has 1 N–H and O–H groups in total. The van der Waals surface area contributed by atoms with Crippen molar-refractivity contribution < 1.29 is 9.32 Å². The lowest BCUT2D eigenvalue weighted by molar-refractivity contribution is 0.0915. The molecule has 2 aromatic rings. The minimum atomic E-state index is -0.244. The van der Waals surface area contributed by atoms with E-state index in [4.69, 9.17) is 4.52 Å². The summed E-state index contributed by atoms with van der Waals surface area (Å²) in [6, 6.07) is 3.58. The summed E-state index contributed by atoms with van der Waals surface area (Å²) in [5.74, 6) is 0.00886. The summed E-state index contributed by atoms with van der Waals surface area (Å²) in [4.78, 5) is 11.7. The molecule has 0 aliphatic carbocycles. The van der Waals surface area contributed by atoms with Gasteiger partial charge >= 0.3 is 0 Å². The third kappa shape index (κ3) is 2.97. The standard InChI is InChI=1S/C12H16N4O2/c1-3-10-8-11(18-15-10)12(17)13-5-7-16-6-4-9(2)14-16/h4,6,8H,3,5,7H2,1-2H3,(H,13,17). The van der Waals surface area contributed by atoms with Crippen LogP contribution in [0, 0.1) is 6.92 Å². The van der Waals surface area contributed by atoms with E-state index in [1.54, 1.807) is 10.7 Å². The molecule has 2 rings (SSSR count). The summed E-state index contributed by atoms with van der Waals surface area (Å²) in [5.41, 5.74) is 1.74. The van der Waals surface area contributed by atoms with Gasteiger partial charge in [-0.1, -0.05) is 12.1 Å². The Morgan fingerprint density at radius 1 is 1.56 bits per heavy atom. The third-order valence-electron chi connectivity index (χ3n) is 2.55. The number of nitrogens with one attached hydrogen (secondary N) is 1. The number of amides is 1. The predicted molar refractivity (Wildman–Crippen MR) is 65.2 cm³/mol. The maximum atomic E-state index is 11.7. The van der Waals surface area contributed by atoms with Gasteiger partial charge in [0.25, 0.3) is 5.91 Å². The topological polar surface area (TPSA) is 73.0 Å². The average molecular weight is 248 g/mol. The summed E-state index contributed by atoms with van der Waals surface area (Å²) in [5, 5.41) is 10.8. The van der Waals surface area contributed by atoms with Crippen LogP contribution in [0.5, 0.6) is 0 Å². The van der Waals surface area contributed by atoms with Crippen molar-refractivity contribution in [3.8, 4) is 0 Å². The fraction of sp³-hybridized carbons (Fsp3) is 0.417. The van der Waals surface area contributed by atoms with Gasteiger partial charge in [0.15, 0.2) is 0 Å². The molecule has 0 spiro atoms. The van der Waals surface area contributed by atoms with Crippen LogP contribution in [0.25, 0.3) is 0 Å². The van der Waals surface area contributed by atoms with Gasteiger partial charge in [0.1, 0.15) is 0 Å². The molecule has 0 aliphatic rings. The lowest BCUT2D eigenvalue weighted by Crippen LogP contribution is -2.27. The van der Waals surface area contributed by atoms with E-state index in [0.717, 1.165) is 17.8 Å². The van der Waals surface area contributed by atoms with E-state index in [1.165, 1.54) is 0 Å². The molecule has 0 bridgehead atoms. The molecule has 0 aromatic carbocycles. The number of nitrogens with zero attached hydrogens (tertiary/aromatic N) is 3. The smallest absolute Gasteiger partial charge is 0.289 e. The highest BCUT2D eigenvalue weighted by Crippen LogP contribution is 2.03. The highest BCUT2D eigenvalue weighted by Gasteiger charge is 2.11. The molecule has 6 heteroatoms. The zero-order chi connectivity index (χ0) is 13.0. The first kappa shape index (κ1) is 12.3. The van der Waals surface area contributed by atoms with Gasteiger partial charge in [0, 0.05) is 18.8 Å². The molecule has 0 radical (unpaired) electrons. The Morgan fingerprint density at radius 2 is 2.39 bits per heavy atom. The van der Waals surface area contributed by atoms with Crippen LogP contribution in [-0.2, 0) is 13.0 Å². The highest BCUT2D eigenvalue weighted by molar-refractivity contribution is 5.91. The first-order chi connectivity index (χ1) is 8.69. The average Bonchev–Trinajstić information content (AvgIpc) is 2.98. The van der Waals surface area contributed by atoms with Crippen LogP contribution in [0.3, 0.4) is 0 Å². The lowest BCUT2D eigenvalue weighted by Gasteiger charge is -2.02. The van der Waals surface area contributed by atoms with Gasteiger partial charge in [-0.15, -0.1) is 0 Å². The Balaban J connectivity index is 1.81. The minimum absolute atomic E-state index is 0.244. The van der Waals surface area contributed by atoms with Crippen molar-refractivity contribution in [1.82, 2.24) is 20.3 Å². The van der Waals surface area contributed by atoms with Crippen LogP contribution in [0.2, 0.25) is 0 Å². The molecular weight excluding hydrogens is 232 g/mol. The van der Waals surface area contributed by atoms with Crippen molar-refractivity contribution in [2.45, 2.75) is 26.8 Å². The van der Waals surface area contributed by atoms with E-state index in [2.05, 4.69) is 15.6 Å². The zero-order valence-corrected chi connectivity index (χ0v) is 10.5. The molecule has 96 valence electrons. The van der Waals surface area contributed by atoms with Gasteiger partial charge in [-0.3, -0.25) is 9.48 Å². The van der Waals surface area contributed by atoms with E-state index in [9.17, 15) is 4.79 Å². The Kier molecular flexibility index (Phi) is 3.76. The van der Waals surface area contributed by atoms with E-state index in [1.807, 2.05) is 26.1 Å². The SMILES string of the molecule is CCc1cc(C(=O)NCCn2ccc(C)n2)on1. The Bertz CT molecular complexity index is 530. The molecule has 0 atom stereocenters. The largest absolute Gasteiger partial charge is 0.351 e. The molecule has 18 heavy (non-hydrogen) atoms. The predicted octanol–water partition coefficient (Wildman–Crippen LogP) is 1.17. The van der Waals surface area contributed by atoms with Crippen LogP contribution in [0.15, 0.2) is 22.9 Å². The highest BCUT2D eigenvalue weighted by atomic mass is 16.5. The van der Waals surface area contributed by atoms with Crippen LogP contribution in [0.4, 0.5) is 0 Å². The van der Waals surface area contributed by atoms with Gasteiger partial charge in [-0.2, -0.15) is 5.10 Å². The van der Waals surface area contributed by atoms with E-state index in [-0.39, 0.29) is 11.7 Å². The van der Waals surface area contributed by atoms with Crippen LogP contribution in [0.1, 0.15) is 28.9 Å². The first-order valence-corrected chi connectivity index (χ1v) is 5.93. The molecule has 1 amide bonds. The van der Waals surface area contributed by atoms with E-state index in [0.29, 0.717) is 13.1 Å². The first-order valence-electron chi connectivity index (χ1n) is 5.93. The number of aryl methyl sites for hydroxylation is 2. The van der Waals surface area contributed by atoms with Crippen molar-refractivity contribution in [2.24, 2.45) is 0 Å². The molecule has 6 nitrogen and oxygen atoms in total. The molecule has 2 heterocycles. The second kappa shape index (κ2) is 5.48. The Labute approximate surface area is 105 Å². The van der Waals surface area contributed by atoms with Gasteiger partial charge < -0.3 is 9.84 Å². The van der Waals surface area contributed by atoms with Crippen molar-refractivity contribution in [2.75, 3.05) is 6.54 Å². The van der Waals surface area contributed by atoms with Crippen molar-refractivity contribution in [1.29, 1.82) is 0 Å². The maximum Gasteiger partial charge on any atom is 0.289 e. The quantitative estimate of drug-likeness (QED) is 0.862. The molecule has 0 saturated heterocycles. The third-order valence-corrected chi connectivity index (χ3v) is 2.55. The minimum Gasteiger partial charge on any atom is -0.351 e. The van der Waals surface area contributed by atoms with Crippen LogP contribution in [-0.4, -0.2) is 27.4 Å². The number of hydrogen-bond acceptors (Lipinski definition) is 4. The second-order valence-corrected chi connectivity index (χ2v) is 4.01. The summed E-state index contributed by atoms with van der Waals surface area (Å²) >= 11 is 0. The summed E-state index contributed by atoms with van der Waals surface area (Å²) in [6.45, 7) is 5.02. The van der Waals surface area contributed by atoms with Gasteiger partial charge in [0.05, 0.1) is 17.9 Å². The molecule has 2 aromatic heterocycles. The van der Waals surface area contributed by atoms with Gasteiger partial charge in [-0.05, 0) is 19.4 Å². The van der Waals surface area contributed by atoms with Gasteiger partial charge in [-0.25, -0.2) is 0 Å². The van der Waals surface area contributed by atoms with Crippen LogP contribution < -0.4 is 5.32 Å². The van der Waals surface area contributed by atoms with E-state index < -0.39 is 0 Å². The number of aromatic nitrogens is 3. The normalized spacial score (nSPS) is 10.6. The van der Waals surface area contributed by atoms with Crippen molar-refractivity contribution in [3.05, 3.63) is 35.5 Å². The number of carbonyl (C=O) groups is 1. The zero-order valence-electron chi connectivity index (χ0n) is 10.5. The summed E-state index contributed by atoms with van der Waals surface area (Å²) < 4.78 is 6.72. The summed E-state index contributed by atoms with van der Waals surface area (Å²) in [6.07, 6.45) is 2.63. The number of rotatable bonds is 5. The summed E-state index contributed by atoms with van der Waals surface area (Å²) in [7, 11) is 0. The van der Waals surface area contributed by atoms with Crippen LogP contribution >= 0.6 is 0 Å². The lowest BCUT2D eigenvalue weighted by atomic mass is 10.3.